The van der Waals surface area contributed by atoms with Crippen LogP contribution in [0.15, 0.2) is 22.7 Å². The summed E-state index contributed by atoms with van der Waals surface area (Å²) in [6, 6.07) is 5.58. The van der Waals surface area contributed by atoms with Crippen molar-refractivity contribution in [1.29, 1.82) is 0 Å². The van der Waals surface area contributed by atoms with Crippen molar-refractivity contribution in [2.24, 2.45) is 0 Å². The van der Waals surface area contributed by atoms with E-state index in [4.69, 9.17) is 11.6 Å². The molecule has 18 heavy (non-hydrogen) atoms. The Morgan fingerprint density at radius 2 is 1.94 bits per heavy atom. The van der Waals surface area contributed by atoms with Gasteiger partial charge in [0.2, 0.25) is 0 Å². The highest BCUT2D eigenvalue weighted by Crippen LogP contribution is 2.30. The second-order valence-electron chi connectivity index (χ2n) is 3.98. The van der Waals surface area contributed by atoms with Crippen molar-refractivity contribution in [2.45, 2.75) is 13.8 Å². The summed E-state index contributed by atoms with van der Waals surface area (Å²) >= 11 is 9.52. The van der Waals surface area contributed by atoms with Gasteiger partial charge in [-0.1, -0.05) is 27.5 Å². The van der Waals surface area contributed by atoms with Gasteiger partial charge in [-0.3, -0.25) is 0 Å². The van der Waals surface area contributed by atoms with Gasteiger partial charge in [-0.2, -0.15) is 0 Å². The van der Waals surface area contributed by atoms with Crippen LogP contribution >= 0.6 is 27.5 Å². The lowest BCUT2D eigenvalue weighted by atomic mass is 10.2. The van der Waals surface area contributed by atoms with Crippen LogP contribution in [-0.2, 0) is 0 Å². The van der Waals surface area contributed by atoms with Crippen LogP contribution in [0.2, 0.25) is 5.02 Å². The van der Waals surface area contributed by atoms with E-state index in [2.05, 4.69) is 31.2 Å². The molecule has 0 fully saturated rings. The van der Waals surface area contributed by atoms with E-state index in [1.54, 1.807) is 0 Å². The highest BCUT2D eigenvalue weighted by molar-refractivity contribution is 9.10. The van der Waals surface area contributed by atoms with Crippen LogP contribution in [0.5, 0.6) is 0 Å². The van der Waals surface area contributed by atoms with Crippen LogP contribution in [0.4, 0.5) is 5.82 Å². The zero-order valence-electron chi connectivity index (χ0n) is 10.4. The van der Waals surface area contributed by atoms with E-state index in [-0.39, 0.29) is 0 Å². The minimum atomic E-state index is 0.664. The Hall–Kier alpha value is -1.13. The fourth-order valence-electron chi connectivity index (χ4n) is 1.66. The molecule has 1 heterocycles. The summed E-state index contributed by atoms with van der Waals surface area (Å²) in [5, 5.41) is 3.75. The molecule has 1 aromatic heterocycles. The molecule has 0 aliphatic carbocycles. The van der Waals surface area contributed by atoms with Crippen LogP contribution in [0.3, 0.4) is 0 Å². The third kappa shape index (κ3) is 2.49. The molecule has 1 N–H and O–H groups in total. The lowest BCUT2D eigenvalue weighted by molar-refractivity contribution is 1.07. The van der Waals surface area contributed by atoms with E-state index in [1.807, 2.05) is 39.1 Å². The molecule has 0 bridgehead atoms. The molecule has 0 saturated carbocycles. The average Bonchev–Trinajstić information content (AvgIpc) is 2.35. The molecule has 0 aliphatic heterocycles. The monoisotopic (exact) mass is 325 g/mol. The minimum Gasteiger partial charge on any atom is -0.373 e. The first kappa shape index (κ1) is 13.3. The Morgan fingerprint density at radius 3 is 2.61 bits per heavy atom. The number of benzene rings is 1. The van der Waals surface area contributed by atoms with Crippen molar-refractivity contribution in [3.05, 3.63) is 39.0 Å². The number of aromatic nitrogens is 2. The first-order chi connectivity index (χ1) is 8.52. The van der Waals surface area contributed by atoms with E-state index in [9.17, 15) is 0 Å². The number of halogens is 2. The van der Waals surface area contributed by atoms with Gasteiger partial charge in [-0.15, -0.1) is 0 Å². The summed E-state index contributed by atoms with van der Waals surface area (Å²) in [6.45, 7) is 3.97. The Morgan fingerprint density at radius 1 is 1.22 bits per heavy atom. The van der Waals surface area contributed by atoms with E-state index >= 15 is 0 Å². The number of hydrogen-bond acceptors (Lipinski definition) is 3. The highest BCUT2D eigenvalue weighted by Gasteiger charge is 2.11. The second-order valence-corrected chi connectivity index (χ2v) is 5.27. The van der Waals surface area contributed by atoms with Crippen molar-refractivity contribution in [3.8, 4) is 11.4 Å². The van der Waals surface area contributed by atoms with Crippen molar-refractivity contribution in [1.82, 2.24) is 9.97 Å². The SMILES string of the molecule is CNc1nc(-c2cc(Cl)ccc2Br)nc(C)c1C. The molecule has 2 aromatic rings. The average molecular weight is 327 g/mol. The maximum absolute atomic E-state index is 6.02. The lowest BCUT2D eigenvalue weighted by Gasteiger charge is -2.11. The third-order valence-electron chi connectivity index (χ3n) is 2.80. The van der Waals surface area contributed by atoms with Gasteiger partial charge in [0.15, 0.2) is 5.82 Å². The first-order valence-corrected chi connectivity index (χ1v) is 6.68. The standard InChI is InChI=1S/C13H13BrClN3/c1-7-8(2)17-13(18-12(7)16-3)10-6-9(15)4-5-11(10)14/h4-6H,1-3H3,(H,16,17,18). The maximum atomic E-state index is 6.02. The molecule has 5 heteroatoms. The van der Waals surface area contributed by atoms with Crippen LogP contribution in [0, 0.1) is 13.8 Å². The van der Waals surface area contributed by atoms with Gasteiger partial charge in [0, 0.05) is 33.4 Å². The normalized spacial score (nSPS) is 10.5. The van der Waals surface area contributed by atoms with Crippen LogP contribution in [0.25, 0.3) is 11.4 Å². The maximum Gasteiger partial charge on any atom is 0.162 e. The quantitative estimate of drug-likeness (QED) is 0.898. The van der Waals surface area contributed by atoms with Gasteiger partial charge in [0.25, 0.3) is 0 Å². The fraction of sp³-hybridized carbons (Fsp3) is 0.231. The predicted octanol–water partition coefficient (Wildman–Crippen LogP) is 4.22. The fourth-order valence-corrected chi connectivity index (χ4v) is 2.26. The first-order valence-electron chi connectivity index (χ1n) is 5.51. The second kappa shape index (κ2) is 5.24. The van der Waals surface area contributed by atoms with Gasteiger partial charge in [0.1, 0.15) is 5.82 Å². The van der Waals surface area contributed by atoms with Crippen molar-refractivity contribution >= 4 is 33.3 Å². The number of nitrogens with one attached hydrogen (secondary N) is 1. The number of aryl methyl sites for hydroxylation is 1. The number of nitrogens with zero attached hydrogens (tertiary/aromatic N) is 2. The number of hydrogen-bond donors (Lipinski definition) is 1. The molecule has 0 saturated heterocycles. The molecular formula is C13H13BrClN3. The summed E-state index contributed by atoms with van der Waals surface area (Å²) in [5.74, 6) is 1.50. The summed E-state index contributed by atoms with van der Waals surface area (Å²) in [5.41, 5.74) is 2.90. The van der Waals surface area contributed by atoms with Gasteiger partial charge in [0.05, 0.1) is 0 Å². The van der Waals surface area contributed by atoms with E-state index in [0.29, 0.717) is 10.8 Å². The van der Waals surface area contributed by atoms with E-state index in [1.165, 1.54) is 0 Å². The minimum absolute atomic E-state index is 0.664. The molecule has 3 nitrogen and oxygen atoms in total. The molecule has 0 atom stereocenters. The topological polar surface area (TPSA) is 37.8 Å². The zero-order valence-corrected chi connectivity index (χ0v) is 12.7. The molecule has 0 spiro atoms. The zero-order chi connectivity index (χ0) is 13.3. The smallest absolute Gasteiger partial charge is 0.162 e. The van der Waals surface area contributed by atoms with Crippen molar-refractivity contribution < 1.29 is 0 Å². The summed E-state index contributed by atoms with van der Waals surface area (Å²) in [7, 11) is 1.85. The van der Waals surface area contributed by atoms with Gasteiger partial charge < -0.3 is 5.32 Å². The Bertz CT molecular complexity index is 599. The number of anilines is 1. The third-order valence-corrected chi connectivity index (χ3v) is 3.72. The van der Waals surface area contributed by atoms with Gasteiger partial charge >= 0.3 is 0 Å². The molecule has 1 aromatic carbocycles. The lowest BCUT2D eigenvalue weighted by Crippen LogP contribution is -2.03. The van der Waals surface area contributed by atoms with E-state index < -0.39 is 0 Å². The molecule has 0 unspecified atom stereocenters. The number of rotatable bonds is 2. The van der Waals surface area contributed by atoms with E-state index in [0.717, 1.165) is 27.1 Å². The van der Waals surface area contributed by atoms with Crippen molar-refractivity contribution in [3.63, 3.8) is 0 Å². The molecule has 2 rings (SSSR count). The predicted molar refractivity (Wildman–Crippen MR) is 79.2 cm³/mol. The molecule has 0 aliphatic rings. The summed E-state index contributed by atoms with van der Waals surface area (Å²) in [4.78, 5) is 9.03. The molecule has 0 amide bonds. The van der Waals surface area contributed by atoms with Crippen LogP contribution in [0.1, 0.15) is 11.3 Å². The van der Waals surface area contributed by atoms with Gasteiger partial charge in [-0.25, -0.2) is 9.97 Å². The van der Waals surface area contributed by atoms with Crippen LogP contribution < -0.4 is 5.32 Å². The van der Waals surface area contributed by atoms with Crippen molar-refractivity contribution in [2.75, 3.05) is 12.4 Å². The molecular weight excluding hydrogens is 314 g/mol. The van der Waals surface area contributed by atoms with Crippen LogP contribution in [-0.4, -0.2) is 17.0 Å². The highest BCUT2D eigenvalue weighted by atomic mass is 79.9. The largest absolute Gasteiger partial charge is 0.373 e. The summed E-state index contributed by atoms with van der Waals surface area (Å²) < 4.78 is 0.928. The Balaban J connectivity index is 2.64. The Labute approximate surface area is 120 Å². The summed E-state index contributed by atoms with van der Waals surface area (Å²) in [6.07, 6.45) is 0. The van der Waals surface area contributed by atoms with Gasteiger partial charge in [-0.05, 0) is 32.0 Å². The molecule has 0 radical (unpaired) electrons. The molecule has 94 valence electrons. The Kier molecular flexibility index (Phi) is 3.88.